The van der Waals surface area contributed by atoms with Gasteiger partial charge in [-0.1, -0.05) is 47.0 Å². The predicted octanol–water partition coefficient (Wildman–Crippen LogP) is 2.95. The Kier molecular flexibility index (Phi) is 4.29. The van der Waals surface area contributed by atoms with E-state index in [4.69, 9.17) is 0 Å². The second-order valence-corrected chi connectivity index (χ2v) is 7.75. The van der Waals surface area contributed by atoms with Gasteiger partial charge in [-0.25, -0.2) is 4.98 Å². The van der Waals surface area contributed by atoms with Crippen molar-refractivity contribution in [3.8, 4) is 0 Å². The van der Waals surface area contributed by atoms with Crippen LogP contribution in [0.25, 0.3) is 0 Å². The summed E-state index contributed by atoms with van der Waals surface area (Å²) in [7, 11) is 0. The van der Waals surface area contributed by atoms with Crippen LogP contribution in [0.5, 0.6) is 0 Å². The van der Waals surface area contributed by atoms with Crippen molar-refractivity contribution in [2.24, 2.45) is 4.99 Å². The van der Waals surface area contributed by atoms with Gasteiger partial charge in [0.25, 0.3) is 11.5 Å². The molecule has 0 spiro atoms. The summed E-state index contributed by atoms with van der Waals surface area (Å²) in [6, 6.07) is 1.55. The molecule has 0 saturated heterocycles. The molecule has 1 amide bonds. The van der Waals surface area contributed by atoms with Crippen molar-refractivity contribution in [1.82, 2.24) is 9.71 Å². The van der Waals surface area contributed by atoms with E-state index in [0.717, 1.165) is 8.97 Å². The highest BCUT2D eigenvalue weighted by Crippen LogP contribution is 2.53. The van der Waals surface area contributed by atoms with Crippen LogP contribution in [0.2, 0.25) is 0 Å². The number of rotatable bonds is 1. The lowest BCUT2D eigenvalue weighted by atomic mass is 10.6. The summed E-state index contributed by atoms with van der Waals surface area (Å²) in [5.41, 5.74) is -0.0311. The monoisotopic (exact) mass is 341 g/mol. The minimum absolute atomic E-state index is 0.0311. The highest BCUT2D eigenvalue weighted by molar-refractivity contribution is 8.33. The van der Waals surface area contributed by atoms with Gasteiger partial charge in [0.1, 0.15) is 0 Å². The zero-order chi connectivity index (χ0) is 13.9. The molecule has 0 unspecified atom stereocenters. The van der Waals surface area contributed by atoms with Crippen molar-refractivity contribution in [2.75, 3.05) is 0 Å². The number of hydrogen-bond donors (Lipinski definition) is 1. The third-order valence-electron chi connectivity index (χ3n) is 2.17. The highest BCUT2D eigenvalue weighted by Gasteiger charge is 2.22. The minimum atomic E-state index is -0.402. The van der Waals surface area contributed by atoms with Gasteiger partial charge in [-0.05, 0) is 22.3 Å². The van der Waals surface area contributed by atoms with Crippen LogP contribution in [0.1, 0.15) is 0 Å². The Morgan fingerprint density at radius 2 is 2.05 bits per heavy atom. The van der Waals surface area contributed by atoms with E-state index in [1.165, 1.54) is 40.2 Å². The number of aromatic nitrogens is 2. The van der Waals surface area contributed by atoms with Gasteiger partial charge in [0.05, 0.1) is 13.4 Å². The summed E-state index contributed by atoms with van der Waals surface area (Å²) < 4.78 is 2.98. The molecule has 0 aliphatic carbocycles. The van der Waals surface area contributed by atoms with Crippen LogP contribution >= 0.6 is 47.0 Å². The van der Waals surface area contributed by atoms with Crippen molar-refractivity contribution in [1.29, 1.82) is 0 Å². The van der Waals surface area contributed by atoms with E-state index in [1.54, 1.807) is 35.0 Å². The van der Waals surface area contributed by atoms with Gasteiger partial charge in [0.15, 0.2) is 0 Å². The standard InChI is InChI=1S/C11H7N3O2S4/c15-8(13-11-12-2-1-3-14(11)16)7-6-19-10(20-7)9-17-4-5-18-9/h1-6,16H. The molecule has 2 aliphatic rings. The first-order valence-electron chi connectivity index (χ1n) is 5.33. The third kappa shape index (κ3) is 3.00. The van der Waals surface area contributed by atoms with Crippen LogP contribution in [0, 0.1) is 0 Å². The van der Waals surface area contributed by atoms with Gasteiger partial charge in [0, 0.05) is 12.4 Å². The molecule has 1 N–H and O–H groups in total. The first-order chi connectivity index (χ1) is 9.74. The normalized spacial score (nSPS) is 18.8. The maximum absolute atomic E-state index is 12.0. The Morgan fingerprint density at radius 1 is 1.25 bits per heavy atom. The molecule has 5 nitrogen and oxygen atoms in total. The number of thioether (sulfide) groups is 4. The Morgan fingerprint density at radius 3 is 2.80 bits per heavy atom. The number of amides is 1. The SMILES string of the molecule is O=C(N=c1ncccn1O)C1=CSC(=C2SC=CS2)S1. The molecule has 0 bridgehead atoms. The number of hydrogen-bond acceptors (Lipinski definition) is 7. The van der Waals surface area contributed by atoms with Crippen molar-refractivity contribution >= 4 is 53.0 Å². The molecule has 2 aliphatic heterocycles. The van der Waals surface area contributed by atoms with Gasteiger partial charge in [-0.3, -0.25) is 4.79 Å². The number of carbonyl (C=O) groups excluding carboxylic acids is 1. The minimum Gasteiger partial charge on any atom is -0.425 e. The van der Waals surface area contributed by atoms with E-state index >= 15 is 0 Å². The fourth-order valence-electron chi connectivity index (χ4n) is 1.32. The molecular weight excluding hydrogens is 334 g/mol. The molecule has 102 valence electrons. The van der Waals surface area contributed by atoms with Crippen molar-refractivity contribution in [2.45, 2.75) is 0 Å². The van der Waals surface area contributed by atoms with Gasteiger partial charge in [-0.2, -0.15) is 9.72 Å². The first-order valence-corrected chi connectivity index (χ1v) is 8.79. The fourth-order valence-corrected chi connectivity index (χ4v) is 5.65. The van der Waals surface area contributed by atoms with Crippen molar-refractivity contribution < 1.29 is 10.0 Å². The quantitative estimate of drug-likeness (QED) is 0.788. The maximum atomic E-state index is 12.0. The lowest BCUT2D eigenvalue weighted by Crippen LogP contribution is -2.23. The van der Waals surface area contributed by atoms with Gasteiger partial charge >= 0.3 is 0 Å². The predicted molar refractivity (Wildman–Crippen MR) is 84.6 cm³/mol. The van der Waals surface area contributed by atoms with E-state index < -0.39 is 5.91 Å². The van der Waals surface area contributed by atoms with Crippen LogP contribution in [-0.4, -0.2) is 20.8 Å². The summed E-state index contributed by atoms with van der Waals surface area (Å²) in [5.74, 6) is -0.402. The van der Waals surface area contributed by atoms with Crippen LogP contribution in [0.3, 0.4) is 0 Å². The van der Waals surface area contributed by atoms with E-state index in [9.17, 15) is 10.0 Å². The third-order valence-corrected chi connectivity index (χ3v) is 7.18. The molecule has 0 atom stereocenters. The summed E-state index contributed by atoms with van der Waals surface area (Å²) in [4.78, 5) is 20.2. The molecule has 3 heterocycles. The fraction of sp³-hybridized carbons (Fsp3) is 0. The molecule has 9 heteroatoms. The van der Waals surface area contributed by atoms with Crippen molar-refractivity contribution in [3.63, 3.8) is 0 Å². The topological polar surface area (TPSA) is 67.5 Å². The molecular formula is C11H7N3O2S4. The highest BCUT2D eigenvalue weighted by atomic mass is 32.2. The summed E-state index contributed by atoms with van der Waals surface area (Å²) in [5, 5.41) is 15.3. The molecule has 0 fully saturated rings. The molecule has 0 aromatic carbocycles. The molecule has 20 heavy (non-hydrogen) atoms. The molecule has 1 aromatic rings. The summed E-state index contributed by atoms with van der Waals surface area (Å²) in [6.07, 6.45) is 2.84. The maximum Gasteiger partial charge on any atom is 0.287 e. The molecule has 3 rings (SSSR count). The zero-order valence-electron chi connectivity index (χ0n) is 9.79. The van der Waals surface area contributed by atoms with Gasteiger partial charge in [-0.15, -0.1) is 0 Å². The van der Waals surface area contributed by atoms with Crippen LogP contribution in [0.4, 0.5) is 0 Å². The molecule has 0 radical (unpaired) electrons. The van der Waals surface area contributed by atoms with E-state index in [0.29, 0.717) is 4.91 Å². The van der Waals surface area contributed by atoms with Crippen LogP contribution in [-0.2, 0) is 4.79 Å². The van der Waals surface area contributed by atoms with E-state index in [-0.39, 0.29) is 5.62 Å². The van der Waals surface area contributed by atoms with Gasteiger partial charge < -0.3 is 5.21 Å². The lowest BCUT2D eigenvalue weighted by Gasteiger charge is -2.00. The van der Waals surface area contributed by atoms with Crippen LogP contribution in [0.15, 0.2) is 53.1 Å². The van der Waals surface area contributed by atoms with E-state index in [2.05, 4.69) is 9.98 Å². The molecule has 0 saturated carbocycles. The lowest BCUT2D eigenvalue weighted by molar-refractivity contribution is -0.114. The van der Waals surface area contributed by atoms with E-state index in [1.807, 2.05) is 10.8 Å². The number of carbonyl (C=O) groups is 1. The summed E-state index contributed by atoms with van der Waals surface area (Å²) >= 11 is 6.22. The number of nitrogens with zero attached hydrogens (tertiary/aromatic N) is 3. The molecule has 1 aromatic heterocycles. The average molecular weight is 341 g/mol. The Balaban J connectivity index is 1.79. The Hall–Kier alpha value is -1.03. The second-order valence-electron chi connectivity index (χ2n) is 3.47. The van der Waals surface area contributed by atoms with Crippen molar-refractivity contribution in [3.05, 3.63) is 53.7 Å². The van der Waals surface area contributed by atoms with Crippen LogP contribution < -0.4 is 5.62 Å². The second kappa shape index (κ2) is 6.17. The summed E-state index contributed by atoms with van der Waals surface area (Å²) in [6.45, 7) is 0. The van der Waals surface area contributed by atoms with Gasteiger partial charge in [0.2, 0.25) is 0 Å². The average Bonchev–Trinajstić information content (AvgIpc) is 3.11. The first kappa shape index (κ1) is 13.9. The zero-order valence-corrected chi connectivity index (χ0v) is 13.1. The Bertz CT molecular complexity index is 710. The Labute approximate surface area is 131 Å². The largest absolute Gasteiger partial charge is 0.425 e. The smallest absolute Gasteiger partial charge is 0.287 e.